The second-order valence-electron chi connectivity index (χ2n) is 4.56. The maximum Gasteiger partial charge on any atom is 0.0636 e. The van der Waals surface area contributed by atoms with Gasteiger partial charge >= 0.3 is 0 Å². The van der Waals surface area contributed by atoms with Crippen LogP contribution in [0.1, 0.15) is 64.2 Å². The van der Waals surface area contributed by atoms with Crippen molar-refractivity contribution in [2.45, 2.75) is 69.9 Å². The molecule has 0 aromatic rings. The Morgan fingerprint density at radius 2 is 0.846 bits per heavy atom. The van der Waals surface area contributed by atoms with Crippen LogP contribution in [0, 0.1) is 0 Å². The van der Waals surface area contributed by atoms with Gasteiger partial charge in [0.1, 0.15) is 0 Å². The lowest BCUT2D eigenvalue weighted by molar-refractivity contribution is 0.352. The van der Waals surface area contributed by atoms with Crippen molar-refractivity contribution in [3.05, 3.63) is 0 Å². The summed E-state index contributed by atoms with van der Waals surface area (Å²) >= 11 is 0. The smallest absolute Gasteiger partial charge is 0.0636 e. The molecule has 0 atom stereocenters. The van der Waals surface area contributed by atoms with Crippen LogP contribution in [0.2, 0.25) is 0 Å². The Labute approximate surface area is 82.1 Å². The molecule has 0 spiro atoms. The van der Waals surface area contributed by atoms with Gasteiger partial charge in [-0.15, -0.1) is 0 Å². The zero-order valence-electron chi connectivity index (χ0n) is 8.73. The number of hydrogen-bond donors (Lipinski definition) is 2. The van der Waals surface area contributed by atoms with Gasteiger partial charge in [-0.05, 0) is 12.8 Å². The minimum atomic E-state index is -0.371. The lowest BCUT2D eigenvalue weighted by Crippen LogP contribution is -2.49. The number of rotatable bonds is 0. The van der Waals surface area contributed by atoms with Gasteiger partial charge in [0, 0.05) is 0 Å². The van der Waals surface area contributed by atoms with Crippen LogP contribution < -0.4 is 11.5 Å². The van der Waals surface area contributed by atoms with Crippen LogP contribution >= 0.6 is 0 Å². The molecule has 0 aliphatic heterocycles. The van der Waals surface area contributed by atoms with Crippen molar-refractivity contribution in [1.82, 2.24) is 0 Å². The molecule has 13 heavy (non-hydrogen) atoms. The van der Waals surface area contributed by atoms with Gasteiger partial charge in [0.15, 0.2) is 0 Å². The topological polar surface area (TPSA) is 52.0 Å². The monoisotopic (exact) mass is 184 g/mol. The Kier molecular flexibility index (Phi) is 4.74. The molecule has 2 nitrogen and oxygen atoms in total. The zero-order valence-corrected chi connectivity index (χ0v) is 8.73. The van der Waals surface area contributed by atoms with Gasteiger partial charge < -0.3 is 11.5 Å². The molecule has 1 aliphatic rings. The van der Waals surface area contributed by atoms with Crippen molar-refractivity contribution < 1.29 is 0 Å². The highest BCUT2D eigenvalue weighted by atomic mass is 14.9. The Morgan fingerprint density at radius 1 is 0.538 bits per heavy atom. The van der Waals surface area contributed by atoms with E-state index in [0.29, 0.717) is 0 Å². The van der Waals surface area contributed by atoms with Crippen molar-refractivity contribution in [2.24, 2.45) is 11.5 Å². The molecule has 0 saturated heterocycles. The van der Waals surface area contributed by atoms with E-state index in [1.54, 1.807) is 0 Å². The van der Waals surface area contributed by atoms with Crippen molar-refractivity contribution in [3.8, 4) is 0 Å². The Balaban J connectivity index is 2.27. The summed E-state index contributed by atoms with van der Waals surface area (Å²) in [5.74, 6) is 0. The van der Waals surface area contributed by atoms with E-state index in [1.165, 1.54) is 51.4 Å². The molecule has 1 saturated carbocycles. The van der Waals surface area contributed by atoms with E-state index >= 15 is 0 Å². The maximum atomic E-state index is 6.00. The third kappa shape index (κ3) is 5.27. The first-order valence-corrected chi connectivity index (χ1v) is 5.78. The van der Waals surface area contributed by atoms with Gasteiger partial charge in [-0.2, -0.15) is 0 Å². The van der Waals surface area contributed by atoms with Gasteiger partial charge in [-0.1, -0.05) is 51.4 Å². The van der Waals surface area contributed by atoms with Gasteiger partial charge in [0.05, 0.1) is 5.66 Å². The molecule has 2 heteroatoms. The second kappa shape index (κ2) is 5.61. The third-order valence-corrected chi connectivity index (χ3v) is 3.03. The molecule has 0 radical (unpaired) electrons. The quantitative estimate of drug-likeness (QED) is 0.568. The Bertz CT molecular complexity index is 118. The summed E-state index contributed by atoms with van der Waals surface area (Å²) < 4.78 is 0. The number of nitrogens with two attached hydrogens (primary N) is 2. The summed E-state index contributed by atoms with van der Waals surface area (Å²) in [6.45, 7) is 0. The van der Waals surface area contributed by atoms with Crippen molar-refractivity contribution in [1.29, 1.82) is 0 Å². The summed E-state index contributed by atoms with van der Waals surface area (Å²) in [7, 11) is 0. The molecule has 0 aromatic carbocycles. The molecule has 0 heterocycles. The van der Waals surface area contributed by atoms with Crippen LogP contribution in [0.4, 0.5) is 0 Å². The zero-order chi connectivity index (χ0) is 9.57. The Morgan fingerprint density at radius 3 is 1.23 bits per heavy atom. The molecule has 1 rings (SSSR count). The van der Waals surface area contributed by atoms with Crippen LogP contribution in [0.15, 0.2) is 0 Å². The maximum absolute atomic E-state index is 6.00. The summed E-state index contributed by atoms with van der Waals surface area (Å²) in [5, 5.41) is 0. The second-order valence-corrected chi connectivity index (χ2v) is 4.56. The molecule has 0 bridgehead atoms. The van der Waals surface area contributed by atoms with Crippen molar-refractivity contribution in [2.75, 3.05) is 0 Å². The minimum Gasteiger partial charge on any atom is -0.313 e. The minimum absolute atomic E-state index is 0.371. The summed E-state index contributed by atoms with van der Waals surface area (Å²) in [6, 6.07) is 0. The van der Waals surface area contributed by atoms with Crippen LogP contribution in [0.25, 0.3) is 0 Å². The van der Waals surface area contributed by atoms with Crippen LogP contribution in [-0.2, 0) is 0 Å². The molecule has 4 N–H and O–H groups in total. The average molecular weight is 184 g/mol. The fourth-order valence-electron chi connectivity index (χ4n) is 2.09. The Hall–Kier alpha value is -0.0800. The molecule has 0 unspecified atom stereocenters. The van der Waals surface area contributed by atoms with E-state index in [9.17, 15) is 0 Å². The van der Waals surface area contributed by atoms with Gasteiger partial charge in [0.25, 0.3) is 0 Å². The first-order valence-electron chi connectivity index (χ1n) is 5.78. The summed E-state index contributed by atoms with van der Waals surface area (Å²) in [5.41, 5.74) is 11.6. The van der Waals surface area contributed by atoms with E-state index in [2.05, 4.69) is 0 Å². The lowest BCUT2D eigenvalue weighted by atomic mass is 9.97. The highest BCUT2D eigenvalue weighted by molar-refractivity contribution is 4.76. The van der Waals surface area contributed by atoms with E-state index in [1.807, 2.05) is 0 Å². The third-order valence-electron chi connectivity index (χ3n) is 3.03. The molecule has 1 aliphatic carbocycles. The largest absolute Gasteiger partial charge is 0.313 e. The molecule has 1 fully saturated rings. The standard InChI is InChI=1S/C11H24N2/c12-11(13)9-7-5-3-1-2-4-6-8-10-11/h1-10,12-13H2. The molecule has 0 aromatic heterocycles. The normalized spacial score (nSPS) is 26.3. The van der Waals surface area contributed by atoms with Crippen LogP contribution in [0.5, 0.6) is 0 Å². The number of hydrogen-bond acceptors (Lipinski definition) is 2. The van der Waals surface area contributed by atoms with E-state index in [0.717, 1.165) is 12.8 Å². The summed E-state index contributed by atoms with van der Waals surface area (Å²) in [4.78, 5) is 0. The first-order chi connectivity index (χ1) is 6.21. The molecule has 78 valence electrons. The first kappa shape index (κ1) is 11.0. The highest BCUT2D eigenvalue weighted by Crippen LogP contribution is 2.19. The van der Waals surface area contributed by atoms with Crippen molar-refractivity contribution >= 4 is 0 Å². The van der Waals surface area contributed by atoms with Crippen LogP contribution in [0.3, 0.4) is 0 Å². The van der Waals surface area contributed by atoms with Gasteiger partial charge in [-0.25, -0.2) is 0 Å². The highest BCUT2D eigenvalue weighted by Gasteiger charge is 2.17. The SMILES string of the molecule is NC1(N)CCCCCCCCCC1. The van der Waals surface area contributed by atoms with E-state index in [4.69, 9.17) is 11.5 Å². The fourth-order valence-corrected chi connectivity index (χ4v) is 2.09. The average Bonchev–Trinajstić information content (AvgIpc) is 2.10. The van der Waals surface area contributed by atoms with Gasteiger partial charge in [0.2, 0.25) is 0 Å². The predicted octanol–water partition coefficient (Wildman–Crippen LogP) is 2.51. The lowest BCUT2D eigenvalue weighted by Gasteiger charge is -2.24. The molecule has 0 amide bonds. The predicted molar refractivity (Wildman–Crippen MR) is 57.3 cm³/mol. The fraction of sp³-hybridized carbons (Fsp3) is 1.00. The van der Waals surface area contributed by atoms with Crippen LogP contribution in [-0.4, -0.2) is 5.66 Å². The van der Waals surface area contributed by atoms with E-state index in [-0.39, 0.29) is 5.66 Å². The van der Waals surface area contributed by atoms with Crippen molar-refractivity contribution in [3.63, 3.8) is 0 Å². The molecular formula is C11H24N2. The molecular weight excluding hydrogens is 160 g/mol. The van der Waals surface area contributed by atoms with Gasteiger partial charge in [-0.3, -0.25) is 0 Å². The summed E-state index contributed by atoms with van der Waals surface area (Å²) in [6.07, 6.45) is 12.6. The van der Waals surface area contributed by atoms with E-state index < -0.39 is 0 Å².